The molecule has 0 radical (unpaired) electrons. The molecule has 3 aliphatic rings. The Labute approximate surface area is 115 Å². The molecule has 5 heteroatoms. The van der Waals surface area contributed by atoms with Crippen LogP contribution in [0.2, 0.25) is 0 Å². The molecule has 0 spiro atoms. The van der Waals surface area contributed by atoms with Crippen LogP contribution in [-0.4, -0.2) is 67.7 Å². The zero-order valence-electron chi connectivity index (χ0n) is 11.7. The molecule has 3 fully saturated rings. The summed E-state index contributed by atoms with van der Waals surface area (Å²) in [4.78, 5) is 15.9. The predicted octanol–water partition coefficient (Wildman–Crippen LogP) is 0.476. The van der Waals surface area contributed by atoms with Gasteiger partial charge in [-0.3, -0.25) is 0 Å². The van der Waals surface area contributed by atoms with Crippen molar-refractivity contribution >= 4 is 6.03 Å². The fourth-order valence-electron chi connectivity index (χ4n) is 3.00. The summed E-state index contributed by atoms with van der Waals surface area (Å²) in [6.45, 7) is 7.19. The molecule has 1 aliphatic carbocycles. The third kappa shape index (κ3) is 3.83. The molecule has 0 aromatic rings. The number of hydrogen-bond acceptors (Lipinski definition) is 3. The molecule has 2 aliphatic heterocycles. The number of urea groups is 1. The molecule has 108 valence electrons. The van der Waals surface area contributed by atoms with Gasteiger partial charge in [-0.05, 0) is 51.2 Å². The van der Waals surface area contributed by atoms with Crippen molar-refractivity contribution in [2.45, 2.75) is 31.7 Å². The SMILES string of the molecule is O=C1NCCN1CCN1CCC(NCC2CC2)CC1. The summed E-state index contributed by atoms with van der Waals surface area (Å²) in [6.07, 6.45) is 5.39. The van der Waals surface area contributed by atoms with Crippen LogP contribution < -0.4 is 10.6 Å². The summed E-state index contributed by atoms with van der Waals surface area (Å²) >= 11 is 0. The average molecular weight is 266 g/mol. The quantitative estimate of drug-likeness (QED) is 0.735. The second-order valence-corrected chi connectivity index (χ2v) is 6.19. The third-order valence-electron chi connectivity index (χ3n) is 4.61. The molecule has 2 saturated heterocycles. The van der Waals surface area contributed by atoms with E-state index < -0.39 is 0 Å². The second-order valence-electron chi connectivity index (χ2n) is 6.19. The molecular weight excluding hydrogens is 240 g/mol. The van der Waals surface area contributed by atoms with E-state index in [4.69, 9.17) is 0 Å². The Hall–Kier alpha value is -0.810. The van der Waals surface area contributed by atoms with Gasteiger partial charge in [-0.1, -0.05) is 0 Å². The minimum atomic E-state index is 0.112. The number of amides is 2. The van der Waals surface area contributed by atoms with Crippen molar-refractivity contribution < 1.29 is 4.79 Å². The molecule has 19 heavy (non-hydrogen) atoms. The Morgan fingerprint density at radius 3 is 2.53 bits per heavy atom. The van der Waals surface area contributed by atoms with E-state index >= 15 is 0 Å². The van der Waals surface area contributed by atoms with Crippen LogP contribution >= 0.6 is 0 Å². The molecule has 2 N–H and O–H groups in total. The number of carbonyl (C=O) groups is 1. The molecule has 5 nitrogen and oxygen atoms in total. The van der Waals surface area contributed by atoms with E-state index in [0.29, 0.717) is 0 Å². The Bertz CT molecular complexity index is 311. The minimum absolute atomic E-state index is 0.112. The smallest absolute Gasteiger partial charge is 0.317 e. The standard InChI is InChI=1S/C14H26N4O/c19-14-15-5-8-18(14)10-9-17-6-3-13(4-7-17)16-11-12-1-2-12/h12-13,16H,1-11H2,(H,15,19). The van der Waals surface area contributed by atoms with Gasteiger partial charge >= 0.3 is 6.03 Å². The first kappa shape index (κ1) is 13.2. The summed E-state index contributed by atoms with van der Waals surface area (Å²) < 4.78 is 0. The van der Waals surface area contributed by atoms with E-state index in [1.807, 2.05) is 4.90 Å². The summed E-state index contributed by atoms with van der Waals surface area (Å²) in [5.41, 5.74) is 0. The number of carbonyl (C=O) groups excluding carboxylic acids is 1. The Morgan fingerprint density at radius 2 is 1.89 bits per heavy atom. The molecule has 2 heterocycles. The van der Waals surface area contributed by atoms with Gasteiger partial charge in [-0.25, -0.2) is 4.79 Å². The highest BCUT2D eigenvalue weighted by Gasteiger charge is 2.25. The van der Waals surface area contributed by atoms with Gasteiger partial charge in [-0.2, -0.15) is 0 Å². The highest BCUT2D eigenvalue weighted by atomic mass is 16.2. The first-order valence-electron chi connectivity index (χ1n) is 7.80. The van der Waals surface area contributed by atoms with Gasteiger partial charge in [0.1, 0.15) is 0 Å². The lowest BCUT2D eigenvalue weighted by Crippen LogP contribution is -2.45. The first-order valence-corrected chi connectivity index (χ1v) is 7.80. The fraction of sp³-hybridized carbons (Fsp3) is 0.929. The Kier molecular flexibility index (Phi) is 4.23. The Morgan fingerprint density at radius 1 is 1.11 bits per heavy atom. The van der Waals surface area contributed by atoms with Gasteiger partial charge in [0.25, 0.3) is 0 Å². The van der Waals surface area contributed by atoms with Crippen molar-refractivity contribution in [3.8, 4) is 0 Å². The van der Waals surface area contributed by atoms with Gasteiger partial charge in [0, 0.05) is 32.2 Å². The molecule has 0 aromatic carbocycles. The highest BCUT2D eigenvalue weighted by Crippen LogP contribution is 2.28. The molecule has 2 amide bonds. The fourth-order valence-corrected chi connectivity index (χ4v) is 3.00. The van der Waals surface area contributed by atoms with Crippen molar-refractivity contribution in [3.63, 3.8) is 0 Å². The highest BCUT2D eigenvalue weighted by molar-refractivity contribution is 5.76. The molecule has 0 atom stereocenters. The zero-order valence-corrected chi connectivity index (χ0v) is 11.7. The van der Waals surface area contributed by atoms with E-state index in [0.717, 1.165) is 38.1 Å². The van der Waals surface area contributed by atoms with Crippen molar-refractivity contribution in [1.82, 2.24) is 20.4 Å². The maximum Gasteiger partial charge on any atom is 0.317 e. The van der Waals surface area contributed by atoms with Crippen molar-refractivity contribution in [2.24, 2.45) is 5.92 Å². The van der Waals surface area contributed by atoms with Crippen LogP contribution in [0.25, 0.3) is 0 Å². The lowest BCUT2D eigenvalue weighted by atomic mass is 10.0. The van der Waals surface area contributed by atoms with E-state index in [1.165, 1.54) is 45.3 Å². The van der Waals surface area contributed by atoms with Gasteiger partial charge in [0.2, 0.25) is 0 Å². The van der Waals surface area contributed by atoms with E-state index in [9.17, 15) is 4.79 Å². The summed E-state index contributed by atoms with van der Waals surface area (Å²) in [6, 6.07) is 0.841. The summed E-state index contributed by atoms with van der Waals surface area (Å²) in [5.74, 6) is 0.978. The molecule has 0 bridgehead atoms. The van der Waals surface area contributed by atoms with Crippen LogP contribution in [0.3, 0.4) is 0 Å². The normalized spacial score (nSPS) is 25.9. The van der Waals surface area contributed by atoms with Gasteiger partial charge < -0.3 is 20.4 Å². The number of nitrogens with zero attached hydrogens (tertiary/aromatic N) is 2. The van der Waals surface area contributed by atoms with Crippen molar-refractivity contribution in [2.75, 3.05) is 45.8 Å². The number of nitrogens with one attached hydrogen (secondary N) is 2. The van der Waals surface area contributed by atoms with Gasteiger partial charge in [-0.15, -0.1) is 0 Å². The summed E-state index contributed by atoms with van der Waals surface area (Å²) in [7, 11) is 0. The second kappa shape index (κ2) is 6.09. The largest absolute Gasteiger partial charge is 0.336 e. The topological polar surface area (TPSA) is 47.6 Å². The molecule has 1 saturated carbocycles. The van der Waals surface area contributed by atoms with Crippen LogP contribution in [-0.2, 0) is 0 Å². The van der Waals surface area contributed by atoms with Crippen LogP contribution in [0.15, 0.2) is 0 Å². The minimum Gasteiger partial charge on any atom is -0.336 e. The van der Waals surface area contributed by atoms with Crippen LogP contribution in [0.5, 0.6) is 0 Å². The third-order valence-corrected chi connectivity index (χ3v) is 4.61. The van der Waals surface area contributed by atoms with Gasteiger partial charge in [0.05, 0.1) is 0 Å². The van der Waals surface area contributed by atoms with Crippen LogP contribution in [0, 0.1) is 5.92 Å². The van der Waals surface area contributed by atoms with E-state index in [-0.39, 0.29) is 6.03 Å². The number of hydrogen-bond donors (Lipinski definition) is 2. The number of likely N-dealkylation sites (tertiary alicyclic amines) is 1. The summed E-state index contributed by atoms with van der Waals surface area (Å²) in [5, 5.41) is 6.56. The number of rotatable bonds is 6. The molecular formula is C14H26N4O. The van der Waals surface area contributed by atoms with Gasteiger partial charge in [0.15, 0.2) is 0 Å². The maximum absolute atomic E-state index is 11.4. The van der Waals surface area contributed by atoms with E-state index in [2.05, 4.69) is 15.5 Å². The average Bonchev–Trinajstić information content (AvgIpc) is 3.18. The molecule has 0 unspecified atom stereocenters. The van der Waals surface area contributed by atoms with Crippen molar-refractivity contribution in [3.05, 3.63) is 0 Å². The lowest BCUT2D eigenvalue weighted by molar-refractivity contribution is 0.173. The Balaban J connectivity index is 1.30. The maximum atomic E-state index is 11.4. The lowest BCUT2D eigenvalue weighted by Gasteiger charge is -2.33. The zero-order chi connectivity index (χ0) is 13.1. The monoisotopic (exact) mass is 266 g/mol. The molecule has 0 aromatic heterocycles. The predicted molar refractivity (Wildman–Crippen MR) is 75.2 cm³/mol. The first-order chi connectivity index (χ1) is 9.31. The van der Waals surface area contributed by atoms with E-state index in [1.54, 1.807) is 0 Å². The molecule has 3 rings (SSSR count). The van der Waals surface area contributed by atoms with Crippen LogP contribution in [0.1, 0.15) is 25.7 Å². The number of piperidine rings is 1. The van der Waals surface area contributed by atoms with Crippen LogP contribution in [0.4, 0.5) is 4.79 Å². The van der Waals surface area contributed by atoms with Crippen molar-refractivity contribution in [1.29, 1.82) is 0 Å².